The van der Waals surface area contributed by atoms with Crippen LogP contribution in [0.1, 0.15) is 41.4 Å². The molecule has 2 aromatic rings. The lowest BCUT2D eigenvalue weighted by molar-refractivity contribution is 0.100. The van der Waals surface area contributed by atoms with Crippen molar-refractivity contribution < 1.29 is 13.2 Å². The Labute approximate surface area is 159 Å². The number of amides is 1. The standard InChI is InChI=1S/C19H26N4O3S/c1-11(2)27(25,26)22-14-6-5-9-23(10-14)16-8-7-15(19(20)24)18-17(16)12(3)13(4)21-18/h7-8,14,21-22H,1,5-6,9-10H2,2-4H3,(H2,20,24). The van der Waals surface area contributed by atoms with Crippen LogP contribution in [0, 0.1) is 13.8 Å². The molecule has 27 heavy (non-hydrogen) atoms. The van der Waals surface area contributed by atoms with Crippen molar-refractivity contribution in [2.24, 2.45) is 5.73 Å². The van der Waals surface area contributed by atoms with Gasteiger partial charge in [0.2, 0.25) is 10.0 Å². The average Bonchev–Trinajstić information content (AvgIpc) is 2.89. The number of benzene rings is 1. The molecular formula is C19H26N4O3S. The molecule has 1 aromatic heterocycles. The van der Waals surface area contributed by atoms with Gasteiger partial charge in [0.05, 0.1) is 11.1 Å². The number of fused-ring (bicyclic) bond motifs is 1. The van der Waals surface area contributed by atoms with Gasteiger partial charge in [0.1, 0.15) is 0 Å². The van der Waals surface area contributed by atoms with Gasteiger partial charge in [0.25, 0.3) is 5.91 Å². The lowest BCUT2D eigenvalue weighted by Gasteiger charge is -2.35. The zero-order valence-corrected chi connectivity index (χ0v) is 16.7. The van der Waals surface area contributed by atoms with Gasteiger partial charge in [-0.2, -0.15) is 0 Å². The van der Waals surface area contributed by atoms with Crippen LogP contribution >= 0.6 is 0 Å². The van der Waals surface area contributed by atoms with E-state index in [-0.39, 0.29) is 10.9 Å². The molecule has 1 saturated heterocycles. The van der Waals surface area contributed by atoms with Crippen LogP contribution in [0.2, 0.25) is 0 Å². The van der Waals surface area contributed by atoms with Crippen LogP contribution in [0.15, 0.2) is 23.6 Å². The number of nitrogens with zero attached hydrogens (tertiary/aromatic N) is 1. The predicted octanol–water partition coefficient (Wildman–Crippen LogP) is 2.31. The number of nitrogens with two attached hydrogens (primary N) is 1. The summed E-state index contributed by atoms with van der Waals surface area (Å²) in [6, 6.07) is 3.45. The monoisotopic (exact) mass is 390 g/mol. The second kappa shape index (κ2) is 7.01. The smallest absolute Gasteiger partial charge is 0.250 e. The SMILES string of the molecule is C=C(C)S(=O)(=O)NC1CCCN(c2ccc(C(N)=O)c3[nH]c(C)c(C)c23)C1. The number of aromatic amines is 1. The molecular weight excluding hydrogens is 364 g/mol. The second-order valence-electron chi connectivity index (χ2n) is 7.23. The van der Waals surface area contributed by atoms with Crippen LogP contribution in [0.4, 0.5) is 5.69 Å². The van der Waals surface area contributed by atoms with Gasteiger partial charge in [-0.05, 0) is 51.3 Å². The number of H-pyrrole nitrogens is 1. The van der Waals surface area contributed by atoms with Crippen LogP contribution in [-0.4, -0.2) is 38.4 Å². The number of rotatable bonds is 5. The maximum Gasteiger partial charge on any atom is 0.250 e. The minimum absolute atomic E-state index is 0.116. The minimum Gasteiger partial charge on any atom is -0.369 e. The van der Waals surface area contributed by atoms with Crippen LogP contribution in [0.3, 0.4) is 0 Å². The quantitative estimate of drug-likeness (QED) is 0.728. The molecule has 8 heteroatoms. The van der Waals surface area contributed by atoms with Crippen LogP contribution in [0.25, 0.3) is 10.9 Å². The van der Waals surface area contributed by atoms with E-state index in [0.29, 0.717) is 12.1 Å². The average molecular weight is 391 g/mol. The Kier molecular flexibility index (Phi) is 5.05. The molecule has 1 aliphatic heterocycles. The van der Waals surface area contributed by atoms with Gasteiger partial charge < -0.3 is 15.6 Å². The number of allylic oxidation sites excluding steroid dienone is 1. The molecule has 0 radical (unpaired) electrons. The van der Waals surface area contributed by atoms with Crippen LogP contribution in [-0.2, 0) is 10.0 Å². The molecule has 4 N–H and O–H groups in total. The molecule has 0 bridgehead atoms. The highest BCUT2D eigenvalue weighted by Gasteiger charge is 2.27. The van der Waals surface area contributed by atoms with E-state index in [0.717, 1.165) is 47.2 Å². The highest BCUT2D eigenvalue weighted by Crippen LogP contribution is 2.35. The van der Waals surface area contributed by atoms with Crippen molar-refractivity contribution in [3.05, 3.63) is 40.4 Å². The number of sulfonamides is 1. The summed E-state index contributed by atoms with van der Waals surface area (Å²) < 4.78 is 27.0. The highest BCUT2D eigenvalue weighted by atomic mass is 32.2. The first-order valence-electron chi connectivity index (χ1n) is 8.96. The third-order valence-corrected chi connectivity index (χ3v) is 6.80. The molecule has 1 fully saturated rings. The number of aryl methyl sites for hydroxylation is 2. The van der Waals surface area contributed by atoms with Crippen molar-refractivity contribution in [1.29, 1.82) is 0 Å². The van der Waals surface area contributed by atoms with Gasteiger partial charge in [0, 0.05) is 40.8 Å². The molecule has 1 unspecified atom stereocenters. The van der Waals surface area contributed by atoms with Crippen molar-refractivity contribution in [2.75, 3.05) is 18.0 Å². The van der Waals surface area contributed by atoms with E-state index in [1.807, 2.05) is 19.9 Å². The zero-order chi connectivity index (χ0) is 19.9. The Morgan fingerprint density at radius 2 is 2.07 bits per heavy atom. The molecule has 3 rings (SSSR count). The molecule has 1 aliphatic rings. The number of carbonyl (C=O) groups excluding carboxylic acids is 1. The third kappa shape index (κ3) is 3.59. The molecule has 146 valence electrons. The van der Waals surface area contributed by atoms with Crippen molar-refractivity contribution in [3.63, 3.8) is 0 Å². The summed E-state index contributed by atoms with van der Waals surface area (Å²) in [6.45, 7) is 10.4. The largest absolute Gasteiger partial charge is 0.369 e. The van der Waals surface area contributed by atoms with E-state index in [4.69, 9.17) is 5.73 Å². The van der Waals surface area contributed by atoms with E-state index in [1.165, 1.54) is 6.92 Å². The van der Waals surface area contributed by atoms with E-state index in [1.54, 1.807) is 6.07 Å². The molecule has 0 aliphatic carbocycles. The molecule has 1 atom stereocenters. The number of aromatic nitrogens is 1. The summed E-state index contributed by atoms with van der Waals surface area (Å²) in [7, 11) is -3.51. The summed E-state index contributed by atoms with van der Waals surface area (Å²) >= 11 is 0. The first kappa shape index (κ1) is 19.4. The summed E-state index contributed by atoms with van der Waals surface area (Å²) in [6.07, 6.45) is 1.64. The molecule has 0 spiro atoms. The van der Waals surface area contributed by atoms with Crippen molar-refractivity contribution in [1.82, 2.24) is 9.71 Å². The van der Waals surface area contributed by atoms with Gasteiger partial charge >= 0.3 is 0 Å². The lowest BCUT2D eigenvalue weighted by atomic mass is 10.0. The fourth-order valence-electron chi connectivity index (χ4n) is 3.65. The van der Waals surface area contributed by atoms with Gasteiger partial charge in [-0.1, -0.05) is 6.58 Å². The van der Waals surface area contributed by atoms with E-state index in [9.17, 15) is 13.2 Å². The number of nitrogens with one attached hydrogen (secondary N) is 2. The lowest BCUT2D eigenvalue weighted by Crippen LogP contribution is -2.47. The van der Waals surface area contributed by atoms with E-state index >= 15 is 0 Å². The Morgan fingerprint density at radius 3 is 2.70 bits per heavy atom. The Hall–Kier alpha value is -2.32. The number of anilines is 1. The number of carbonyl (C=O) groups is 1. The molecule has 0 saturated carbocycles. The predicted molar refractivity (Wildman–Crippen MR) is 108 cm³/mol. The second-order valence-corrected chi connectivity index (χ2v) is 9.17. The Morgan fingerprint density at radius 1 is 1.37 bits per heavy atom. The normalized spacial score (nSPS) is 18.0. The molecule has 7 nitrogen and oxygen atoms in total. The summed E-state index contributed by atoms with van der Waals surface area (Å²) in [4.78, 5) is 17.4. The number of hydrogen-bond donors (Lipinski definition) is 3. The fraction of sp³-hybridized carbons (Fsp3) is 0.421. The minimum atomic E-state index is -3.51. The number of piperidine rings is 1. The third-order valence-electron chi connectivity index (χ3n) is 5.24. The Balaban J connectivity index is 1.99. The maximum atomic E-state index is 12.1. The van der Waals surface area contributed by atoms with Crippen LogP contribution < -0.4 is 15.4 Å². The summed E-state index contributed by atoms with van der Waals surface area (Å²) in [5, 5.41) is 0.965. The van der Waals surface area contributed by atoms with Gasteiger partial charge in [-0.25, -0.2) is 13.1 Å². The van der Waals surface area contributed by atoms with Crippen molar-refractivity contribution in [3.8, 4) is 0 Å². The molecule has 1 aromatic carbocycles. The summed E-state index contributed by atoms with van der Waals surface area (Å²) in [5.41, 5.74) is 9.75. The maximum absolute atomic E-state index is 12.1. The van der Waals surface area contributed by atoms with Gasteiger partial charge in [-0.3, -0.25) is 4.79 Å². The Bertz CT molecular complexity index is 1020. The highest BCUT2D eigenvalue weighted by molar-refractivity contribution is 7.93. The first-order chi connectivity index (χ1) is 12.6. The van der Waals surface area contributed by atoms with E-state index < -0.39 is 15.9 Å². The first-order valence-corrected chi connectivity index (χ1v) is 10.4. The van der Waals surface area contributed by atoms with Crippen LogP contribution in [0.5, 0.6) is 0 Å². The molecule has 1 amide bonds. The number of hydrogen-bond acceptors (Lipinski definition) is 4. The topological polar surface area (TPSA) is 108 Å². The number of primary amides is 1. The van der Waals surface area contributed by atoms with Gasteiger partial charge in [-0.15, -0.1) is 0 Å². The van der Waals surface area contributed by atoms with Crippen molar-refractivity contribution in [2.45, 2.75) is 39.7 Å². The van der Waals surface area contributed by atoms with Gasteiger partial charge in [0.15, 0.2) is 0 Å². The molecule has 2 heterocycles. The van der Waals surface area contributed by atoms with E-state index in [2.05, 4.69) is 21.2 Å². The fourth-order valence-corrected chi connectivity index (χ4v) is 4.48. The zero-order valence-electron chi connectivity index (χ0n) is 15.9. The summed E-state index contributed by atoms with van der Waals surface area (Å²) in [5.74, 6) is -0.474. The van der Waals surface area contributed by atoms with Crippen molar-refractivity contribution >= 4 is 32.5 Å².